The number of fused-ring (bicyclic) bond motifs is 8. The van der Waals surface area contributed by atoms with E-state index in [9.17, 15) is 19.8 Å². The number of aliphatic hydroxyl groups excluding tert-OH is 1. The third-order valence-corrected chi connectivity index (χ3v) is 12.8. The number of ether oxygens (including phenoxy) is 3. The molecule has 55 heavy (non-hydrogen) atoms. The first-order valence-electron chi connectivity index (χ1n) is 19.1. The van der Waals surface area contributed by atoms with Crippen molar-refractivity contribution in [1.82, 2.24) is 4.90 Å². The van der Waals surface area contributed by atoms with Gasteiger partial charge in [-0.05, 0) is 130 Å². The quantitative estimate of drug-likeness (QED) is 0.109. The lowest BCUT2D eigenvalue weighted by Crippen LogP contribution is -2.54. The van der Waals surface area contributed by atoms with Crippen LogP contribution in [-0.2, 0) is 13.0 Å². The lowest BCUT2D eigenvalue weighted by atomic mass is 9.64. The highest BCUT2D eigenvalue weighted by molar-refractivity contribution is 7.14. The summed E-state index contributed by atoms with van der Waals surface area (Å²) in [6.45, 7) is 6.43. The Balaban J connectivity index is 1.42. The first-order valence-corrected chi connectivity index (χ1v) is 19.9. The first-order chi connectivity index (χ1) is 26.4. The smallest absolute Gasteiger partial charge is 0.322 e. The molecule has 0 saturated heterocycles. The summed E-state index contributed by atoms with van der Waals surface area (Å²) in [5.74, 6) is 1.64. The topological polar surface area (TPSA) is 118 Å². The third-order valence-electron chi connectivity index (χ3n) is 11.8. The molecule has 3 aliphatic rings. The molecule has 4 atom stereocenters. The van der Waals surface area contributed by atoms with Gasteiger partial charge in [-0.15, -0.1) is 11.3 Å². The molecular weight excluding hydrogens is 713 g/mol. The van der Waals surface area contributed by atoms with Crippen molar-refractivity contribution in [2.45, 2.75) is 89.9 Å². The minimum absolute atomic E-state index is 0.0392. The first kappa shape index (κ1) is 40.0. The Bertz CT molecular complexity index is 2020. The maximum absolute atomic E-state index is 14.4. The molecule has 4 unspecified atom stereocenters. The third kappa shape index (κ3) is 8.77. The van der Waals surface area contributed by atoms with Gasteiger partial charge in [-0.25, -0.2) is 4.79 Å². The highest BCUT2D eigenvalue weighted by atomic mass is 32.1. The maximum Gasteiger partial charge on any atom is 0.322 e. The molecule has 1 fully saturated rings. The van der Waals surface area contributed by atoms with E-state index < -0.39 is 17.1 Å². The zero-order valence-corrected chi connectivity index (χ0v) is 33.6. The van der Waals surface area contributed by atoms with Crippen LogP contribution in [-0.4, -0.2) is 66.5 Å². The van der Waals surface area contributed by atoms with Crippen molar-refractivity contribution in [3.8, 4) is 17.2 Å². The van der Waals surface area contributed by atoms with E-state index in [0.29, 0.717) is 71.9 Å². The van der Waals surface area contributed by atoms with Gasteiger partial charge < -0.3 is 34.6 Å². The number of methoxy groups -OCH3 is 3. The fourth-order valence-corrected chi connectivity index (χ4v) is 9.29. The SMILES string of the molecule is COc1ccc(NC(=O)N(Cc2ccc(OC)cc2OC)CC2(O)CCC3c4ccc(cc4C(=O)c4ccc(C)s4)CC(O)CCC(C)=CCCC32C)cc1. The summed E-state index contributed by atoms with van der Waals surface area (Å²) in [7, 11) is 4.77. The summed E-state index contributed by atoms with van der Waals surface area (Å²) in [5, 5.41) is 27.2. The number of anilines is 1. The van der Waals surface area contributed by atoms with Gasteiger partial charge in [0.2, 0.25) is 5.78 Å². The molecule has 4 aromatic rings. The van der Waals surface area contributed by atoms with Crippen LogP contribution in [0.3, 0.4) is 0 Å². The van der Waals surface area contributed by atoms with E-state index in [1.165, 1.54) is 16.9 Å². The Morgan fingerprint density at radius 1 is 0.909 bits per heavy atom. The van der Waals surface area contributed by atoms with Crippen LogP contribution in [0.25, 0.3) is 0 Å². The van der Waals surface area contributed by atoms with Crippen molar-refractivity contribution in [2.75, 3.05) is 33.2 Å². The largest absolute Gasteiger partial charge is 0.497 e. The van der Waals surface area contributed by atoms with Crippen molar-refractivity contribution in [3.05, 3.63) is 116 Å². The predicted octanol–water partition coefficient (Wildman–Crippen LogP) is 9.09. The zero-order valence-electron chi connectivity index (χ0n) is 32.8. The molecule has 7 rings (SSSR count). The summed E-state index contributed by atoms with van der Waals surface area (Å²) >= 11 is 1.48. The van der Waals surface area contributed by atoms with E-state index in [1.54, 1.807) is 56.6 Å². The van der Waals surface area contributed by atoms with Crippen LogP contribution >= 0.6 is 11.3 Å². The summed E-state index contributed by atoms with van der Waals surface area (Å²) in [6.07, 6.45) is 5.91. The minimum atomic E-state index is -1.33. The molecule has 1 aromatic heterocycles. The van der Waals surface area contributed by atoms with Gasteiger partial charge in [-0.2, -0.15) is 0 Å². The second-order valence-corrected chi connectivity index (χ2v) is 16.7. The number of ketones is 1. The van der Waals surface area contributed by atoms with E-state index in [2.05, 4.69) is 25.2 Å². The number of rotatable bonds is 10. The molecule has 10 heteroatoms. The Hall–Kier alpha value is -4.64. The Morgan fingerprint density at radius 3 is 2.35 bits per heavy atom. The van der Waals surface area contributed by atoms with Crippen LogP contribution < -0.4 is 19.5 Å². The van der Waals surface area contributed by atoms with Crippen LogP contribution in [0.2, 0.25) is 0 Å². The standard InChI is InChI=1S/C45H54N2O7S/c1-29-8-7-22-44(3)39(37-19-11-31(24-34(48)15-9-29)25-38(37)42(49)41-20-10-30(2)55-41)21-23-45(44,51)28-47(27-32-12-16-36(53-5)26-40(32)54-6)43(50)46-33-13-17-35(52-4)18-14-33/h8,10-14,16-20,25-26,34,39,48,51H,7,9,15,21-24,27-28H2,1-6H3,(H,46,50). The number of aryl methyl sites for hydroxylation is 1. The van der Waals surface area contributed by atoms with Crippen molar-refractivity contribution in [1.29, 1.82) is 0 Å². The molecule has 1 saturated carbocycles. The van der Waals surface area contributed by atoms with Crippen LogP contribution in [0.15, 0.2) is 84.4 Å². The number of hydrogen-bond acceptors (Lipinski definition) is 8. The van der Waals surface area contributed by atoms with E-state index in [4.69, 9.17) is 14.2 Å². The molecule has 0 radical (unpaired) electrons. The number of urea groups is 1. The van der Waals surface area contributed by atoms with Gasteiger partial charge >= 0.3 is 6.03 Å². The molecule has 1 heterocycles. The van der Waals surface area contributed by atoms with Crippen molar-refractivity contribution in [2.24, 2.45) is 5.41 Å². The number of allylic oxidation sites excluding steroid dienone is 2. The molecule has 2 bridgehead atoms. The van der Waals surface area contributed by atoms with Gasteiger partial charge in [0, 0.05) is 33.2 Å². The molecule has 3 N–H and O–H groups in total. The number of benzene rings is 3. The highest BCUT2D eigenvalue weighted by Crippen LogP contribution is 2.59. The van der Waals surface area contributed by atoms with Crippen LogP contribution in [0.4, 0.5) is 10.5 Å². The summed E-state index contributed by atoms with van der Waals surface area (Å²) < 4.78 is 16.5. The van der Waals surface area contributed by atoms with Crippen LogP contribution in [0.1, 0.15) is 95.1 Å². The molecule has 3 aromatic carbocycles. The van der Waals surface area contributed by atoms with Gasteiger partial charge in [-0.3, -0.25) is 4.79 Å². The molecule has 0 spiro atoms. The Morgan fingerprint density at radius 2 is 1.65 bits per heavy atom. The molecule has 0 aliphatic heterocycles. The van der Waals surface area contributed by atoms with Gasteiger partial charge in [0.1, 0.15) is 17.2 Å². The van der Waals surface area contributed by atoms with Crippen LogP contribution in [0.5, 0.6) is 17.2 Å². The number of carbonyl (C=O) groups excluding carboxylic acids is 2. The minimum Gasteiger partial charge on any atom is -0.497 e. The number of carbonyl (C=O) groups is 2. The molecular formula is C45H54N2O7S. The lowest BCUT2D eigenvalue weighted by molar-refractivity contribution is -0.0773. The monoisotopic (exact) mass is 766 g/mol. The van der Waals surface area contributed by atoms with Gasteiger partial charge in [-0.1, -0.05) is 30.7 Å². The highest BCUT2D eigenvalue weighted by Gasteiger charge is 2.57. The fourth-order valence-electron chi connectivity index (χ4n) is 8.47. The number of hydrogen-bond donors (Lipinski definition) is 3. The fraction of sp³-hybridized carbons (Fsp3) is 0.422. The van der Waals surface area contributed by atoms with Crippen molar-refractivity contribution >= 4 is 28.8 Å². The van der Waals surface area contributed by atoms with E-state index in [0.717, 1.165) is 28.0 Å². The number of thiophene rings is 1. The molecule has 292 valence electrons. The lowest BCUT2D eigenvalue weighted by Gasteiger charge is -2.46. The molecule has 9 nitrogen and oxygen atoms in total. The second kappa shape index (κ2) is 17.0. The predicted molar refractivity (Wildman–Crippen MR) is 218 cm³/mol. The number of amides is 2. The number of nitrogens with zero attached hydrogens (tertiary/aromatic N) is 1. The van der Waals surface area contributed by atoms with E-state index in [-0.39, 0.29) is 30.8 Å². The van der Waals surface area contributed by atoms with Gasteiger partial charge in [0.15, 0.2) is 0 Å². The second-order valence-electron chi connectivity index (χ2n) is 15.4. The van der Waals surface area contributed by atoms with E-state index >= 15 is 0 Å². The molecule has 3 aliphatic carbocycles. The Kier molecular flexibility index (Phi) is 12.4. The van der Waals surface area contributed by atoms with Gasteiger partial charge in [0.05, 0.1) is 51.0 Å². The summed E-state index contributed by atoms with van der Waals surface area (Å²) in [4.78, 5) is 32.1. The van der Waals surface area contributed by atoms with E-state index in [1.807, 2.05) is 49.4 Å². The normalized spacial score (nSPS) is 22.6. The Labute approximate surface area is 328 Å². The maximum atomic E-state index is 14.4. The molecule has 2 amide bonds. The average molecular weight is 767 g/mol. The van der Waals surface area contributed by atoms with Crippen molar-refractivity contribution < 1.29 is 34.0 Å². The average Bonchev–Trinajstić information content (AvgIpc) is 3.73. The van der Waals surface area contributed by atoms with Gasteiger partial charge in [0.25, 0.3) is 0 Å². The number of nitrogens with one attached hydrogen (secondary N) is 1. The summed E-state index contributed by atoms with van der Waals surface area (Å²) in [5.41, 5.74) is 2.91. The van der Waals surface area contributed by atoms with Crippen LogP contribution in [0, 0.1) is 12.3 Å². The van der Waals surface area contributed by atoms with Crippen molar-refractivity contribution in [3.63, 3.8) is 0 Å². The summed E-state index contributed by atoms with van der Waals surface area (Å²) in [6, 6.07) is 22.2. The number of aliphatic hydroxyl groups is 2. The zero-order chi connectivity index (χ0) is 39.3.